The average Bonchev–Trinajstić information content (AvgIpc) is 3.03. The third-order valence-electron chi connectivity index (χ3n) is 6.32. The number of nitrogens with one attached hydrogen (secondary N) is 1. The Bertz CT molecular complexity index is 935. The molecular weight excluding hydrogens is 463 g/mol. The van der Waals surface area contributed by atoms with Crippen molar-refractivity contribution in [3.05, 3.63) is 35.1 Å². The van der Waals surface area contributed by atoms with Crippen molar-refractivity contribution in [1.29, 1.82) is 0 Å². The second-order valence-electron chi connectivity index (χ2n) is 8.54. The maximum absolute atomic E-state index is 14.0. The zero-order valence-electron chi connectivity index (χ0n) is 18.4. The fourth-order valence-corrected chi connectivity index (χ4v) is 6.64. The van der Waals surface area contributed by atoms with E-state index in [1.54, 1.807) is 0 Å². The minimum absolute atomic E-state index is 0.00672. The normalized spacial score (nSPS) is 24.0. The minimum atomic E-state index is -3.62. The van der Waals surface area contributed by atoms with Gasteiger partial charge in [-0.15, -0.1) is 0 Å². The van der Waals surface area contributed by atoms with Crippen LogP contribution in [0.2, 0.25) is 0 Å². The molecule has 0 saturated carbocycles. The molecule has 2 aliphatic heterocycles. The molecule has 0 spiro atoms. The number of hydrogen-bond acceptors (Lipinski definition) is 6. The van der Waals surface area contributed by atoms with E-state index in [1.807, 2.05) is 0 Å². The Labute approximate surface area is 191 Å². The molecule has 12 heteroatoms. The predicted molar refractivity (Wildman–Crippen MR) is 114 cm³/mol. The molecular formula is C21H30F3N3O5S. The van der Waals surface area contributed by atoms with Gasteiger partial charge in [0.2, 0.25) is 10.0 Å². The van der Waals surface area contributed by atoms with Gasteiger partial charge in [-0.05, 0) is 49.7 Å². The smallest absolute Gasteiger partial charge is 0.407 e. The number of halogens is 3. The van der Waals surface area contributed by atoms with E-state index >= 15 is 0 Å². The molecule has 2 fully saturated rings. The Morgan fingerprint density at radius 1 is 1.15 bits per heavy atom. The van der Waals surface area contributed by atoms with Gasteiger partial charge in [0, 0.05) is 37.8 Å². The van der Waals surface area contributed by atoms with E-state index in [0.717, 1.165) is 6.07 Å². The summed E-state index contributed by atoms with van der Waals surface area (Å²) in [4.78, 5) is 11.6. The lowest BCUT2D eigenvalue weighted by Crippen LogP contribution is -2.51. The lowest BCUT2D eigenvalue weighted by Gasteiger charge is -2.40. The van der Waals surface area contributed by atoms with Crippen molar-refractivity contribution in [3.8, 4) is 0 Å². The molecule has 0 aromatic heterocycles. The van der Waals surface area contributed by atoms with Crippen LogP contribution in [-0.4, -0.2) is 69.6 Å². The molecule has 1 amide bonds. The van der Waals surface area contributed by atoms with Crippen LogP contribution in [0.1, 0.15) is 31.2 Å². The van der Waals surface area contributed by atoms with Crippen LogP contribution in [-0.2, 0) is 25.9 Å². The van der Waals surface area contributed by atoms with E-state index in [1.165, 1.54) is 11.4 Å². The zero-order chi connectivity index (χ0) is 24.2. The number of benzene rings is 1. The first kappa shape index (κ1) is 25.7. The quantitative estimate of drug-likeness (QED) is 0.381. The molecule has 0 radical (unpaired) electrons. The topological polar surface area (TPSA) is 111 Å². The summed E-state index contributed by atoms with van der Waals surface area (Å²) in [6, 6.07) is 0.367. The number of ether oxygens (including phenoxy) is 2. The van der Waals surface area contributed by atoms with Crippen LogP contribution < -0.4 is 11.1 Å². The van der Waals surface area contributed by atoms with Crippen LogP contribution in [0, 0.1) is 23.4 Å². The van der Waals surface area contributed by atoms with Crippen molar-refractivity contribution in [1.82, 2.24) is 9.62 Å². The average molecular weight is 494 g/mol. The number of amides is 1. The van der Waals surface area contributed by atoms with Gasteiger partial charge in [0.15, 0.2) is 11.6 Å². The molecule has 33 heavy (non-hydrogen) atoms. The summed E-state index contributed by atoms with van der Waals surface area (Å²) < 4.78 is 77.7. The van der Waals surface area contributed by atoms with Crippen LogP contribution in [0.15, 0.2) is 12.1 Å². The van der Waals surface area contributed by atoms with Crippen LogP contribution in [0.25, 0.3) is 0 Å². The van der Waals surface area contributed by atoms with Crippen molar-refractivity contribution in [3.63, 3.8) is 0 Å². The molecule has 2 aliphatic rings. The zero-order valence-corrected chi connectivity index (χ0v) is 19.3. The fraction of sp³-hybridized carbons (Fsp3) is 0.667. The maximum atomic E-state index is 14.0. The van der Waals surface area contributed by atoms with Crippen molar-refractivity contribution < 1.29 is 35.9 Å². The molecule has 1 aromatic rings. The summed E-state index contributed by atoms with van der Waals surface area (Å²) in [7, 11) is -2.15. The van der Waals surface area contributed by atoms with Gasteiger partial charge in [-0.25, -0.2) is 26.4 Å². The van der Waals surface area contributed by atoms with E-state index in [2.05, 4.69) is 5.32 Å². The number of methoxy groups -OCH3 is 1. The summed E-state index contributed by atoms with van der Waals surface area (Å²) in [5.74, 6) is -3.55. The Hall–Kier alpha value is -1.89. The number of rotatable bonds is 10. The third kappa shape index (κ3) is 6.37. The molecule has 3 rings (SSSR count). The Morgan fingerprint density at radius 3 is 2.42 bits per heavy atom. The largest absolute Gasteiger partial charge is 0.447 e. The standard InChI is InChI=1S/C21H30F3N3O5S/c1-31-5-6-32-21(28)26-4-7-33(29,30)27-15-2-3-16(27)9-14(8-15)20(25)11-13-10-18(23)19(24)12-17(13)22/h10,12,14-16,20H,2-9,11,25H2,1H3,(H,26,28)/t14?,15?,16?,20-/m1/s1. The van der Waals surface area contributed by atoms with Gasteiger partial charge in [-0.3, -0.25) is 0 Å². The Kier molecular flexibility index (Phi) is 8.59. The van der Waals surface area contributed by atoms with E-state index in [0.29, 0.717) is 31.7 Å². The number of fused-ring (bicyclic) bond motifs is 2. The number of sulfonamides is 1. The van der Waals surface area contributed by atoms with Gasteiger partial charge in [0.1, 0.15) is 12.4 Å². The van der Waals surface area contributed by atoms with Gasteiger partial charge in [-0.1, -0.05) is 0 Å². The third-order valence-corrected chi connectivity index (χ3v) is 8.28. The summed E-state index contributed by atoms with van der Waals surface area (Å²) >= 11 is 0. The maximum Gasteiger partial charge on any atom is 0.407 e. The number of alkyl carbamates (subject to hydrolysis) is 1. The van der Waals surface area contributed by atoms with Gasteiger partial charge >= 0.3 is 6.09 Å². The highest BCUT2D eigenvalue weighted by atomic mass is 32.2. The number of carbonyl (C=O) groups is 1. The summed E-state index contributed by atoms with van der Waals surface area (Å²) in [5.41, 5.74) is 6.29. The van der Waals surface area contributed by atoms with Gasteiger partial charge < -0.3 is 20.5 Å². The molecule has 3 atom stereocenters. The summed E-state index contributed by atoms with van der Waals surface area (Å²) in [5, 5.41) is 2.42. The van der Waals surface area contributed by atoms with E-state index in [9.17, 15) is 26.4 Å². The van der Waals surface area contributed by atoms with Gasteiger partial charge in [-0.2, -0.15) is 4.31 Å². The predicted octanol–water partition coefficient (Wildman–Crippen LogP) is 1.92. The first-order valence-corrected chi connectivity index (χ1v) is 12.5. The van der Waals surface area contributed by atoms with Crippen LogP contribution in [0.5, 0.6) is 0 Å². The molecule has 3 N–H and O–H groups in total. The van der Waals surface area contributed by atoms with Crippen molar-refractivity contribution in [2.75, 3.05) is 32.6 Å². The van der Waals surface area contributed by atoms with Gasteiger partial charge in [0.25, 0.3) is 0 Å². The monoisotopic (exact) mass is 493 g/mol. The molecule has 2 unspecified atom stereocenters. The van der Waals surface area contributed by atoms with Crippen molar-refractivity contribution >= 4 is 16.1 Å². The molecule has 186 valence electrons. The number of nitrogens with two attached hydrogens (primary N) is 1. The Morgan fingerprint density at radius 2 is 1.79 bits per heavy atom. The molecule has 8 nitrogen and oxygen atoms in total. The molecule has 1 aromatic carbocycles. The molecule has 0 aliphatic carbocycles. The van der Waals surface area contributed by atoms with Crippen LogP contribution in [0.3, 0.4) is 0 Å². The highest BCUT2D eigenvalue weighted by Crippen LogP contribution is 2.41. The second-order valence-corrected chi connectivity index (χ2v) is 10.5. The second kappa shape index (κ2) is 11.0. The first-order chi connectivity index (χ1) is 15.6. The summed E-state index contributed by atoms with van der Waals surface area (Å²) in [6.45, 7) is 0.235. The highest BCUT2D eigenvalue weighted by molar-refractivity contribution is 7.89. The van der Waals surface area contributed by atoms with E-state index < -0.39 is 39.6 Å². The number of hydrogen-bond donors (Lipinski definition) is 2. The highest BCUT2D eigenvalue weighted by Gasteiger charge is 2.47. The van der Waals surface area contributed by atoms with Gasteiger partial charge in [0.05, 0.1) is 12.4 Å². The SMILES string of the molecule is COCCOC(=O)NCCS(=O)(=O)N1C2CCC1CC([C@H](N)Cc1cc(F)c(F)cc1F)C2. The number of carbonyl (C=O) groups excluding carboxylic acids is 1. The van der Waals surface area contributed by atoms with Crippen molar-refractivity contribution in [2.24, 2.45) is 11.7 Å². The number of piperidine rings is 1. The molecule has 2 saturated heterocycles. The first-order valence-electron chi connectivity index (χ1n) is 10.9. The lowest BCUT2D eigenvalue weighted by molar-refractivity contribution is 0.0989. The molecule has 2 bridgehead atoms. The lowest BCUT2D eigenvalue weighted by atomic mass is 9.83. The Balaban J connectivity index is 1.55. The van der Waals surface area contributed by atoms with Crippen molar-refractivity contribution in [2.45, 2.75) is 50.2 Å². The number of nitrogens with zero attached hydrogens (tertiary/aromatic N) is 1. The van der Waals surface area contributed by atoms with Crippen LogP contribution >= 0.6 is 0 Å². The van der Waals surface area contributed by atoms with E-state index in [-0.39, 0.29) is 55.5 Å². The minimum Gasteiger partial charge on any atom is -0.447 e. The van der Waals surface area contributed by atoms with E-state index in [4.69, 9.17) is 15.2 Å². The molecule has 2 heterocycles. The summed E-state index contributed by atoms with van der Waals surface area (Å²) in [6.07, 6.45) is 1.73. The fourth-order valence-electron chi connectivity index (χ4n) is 4.78. The van der Waals surface area contributed by atoms with Crippen LogP contribution in [0.4, 0.5) is 18.0 Å².